The maximum absolute atomic E-state index is 13.0. The Morgan fingerprint density at radius 1 is 1.35 bits per heavy atom. The zero-order valence-electron chi connectivity index (χ0n) is 8.77. The molecular formula is C11H9FN4O. The first kappa shape index (κ1) is 9.98. The van der Waals surface area contributed by atoms with Gasteiger partial charge in [0.2, 0.25) is 0 Å². The second-order valence-corrected chi connectivity index (χ2v) is 3.63. The number of halogens is 1. The molecule has 3 aromatic rings. The van der Waals surface area contributed by atoms with E-state index in [-0.39, 0.29) is 12.4 Å². The first-order valence-electron chi connectivity index (χ1n) is 5.07. The summed E-state index contributed by atoms with van der Waals surface area (Å²) in [4.78, 5) is 7.10. The summed E-state index contributed by atoms with van der Waals surface area (Å²) in [5, 5.41) is 4.58. The van der Waals surface area contributed by atoms with Crippen LogP contribution >= 0.6 is 0 Å². The minimum absolute atomic E-state index is 0.221. The molecule has 0 amide bonds. The van der Waals surface area contributed by atoms with Crippen LogP contribution in [0.5, 0.6) is 0 Å². The molecule has 3 N–H and O–H groups in total. The van der Waals surface area contributed by atoms with Gasteiger partial charge in [-0.25, -0.2) is 4.39 Å². The number of H-pyrrole nitrogens is 1. The predicted molar refractivity (Wildman–Crippen MR) is 59.4 cm³/mol. The second-order valence-electron chi connectivity index (χ2n) is 3.63. The van der Waals surface area contributed by atoms with E-state index in [2.05, 4.69) is 15.1 Å². The molecule has 0 aliphatic rings. The lowest BCUT2D eigenvalue weighted by molar-refractivity contribution is 0.422. The summed E-state index contributed by atoms with van der Waals surface area (Å²) in [5.41, 5.74) is 6.73. The largest absolute Gasteiger partial charge is 0.350 e. The van der Waals surface area contributed by atoms with Gasteiger partial charge in [0.25, 0.3) is 5.89 Å². The predicted octanol–water partition coefficient (Wildman–Crippen LogP) is 1.82. The highest BCUT2D eigenvalue weighted by Crippen LogP contribution is 2.23. The zero-order valence-corrected chi connectivity index (χ0v) is 8.77. The molecular weight excluding hydrogens is 223 g/mol. The van der Waals surface area contributed by atoms with Gasteiger partial charge >= 0.3 is 0 Å². The first-order valence-corrected chi connectivity index (χ1v) is 5.07. The third kappa shape index (κ3) is 1.68. The van der Waals surface area contributed by atoms with Crippen LogP contribution in [-0.4, -0.2) is 15.1 Å². The van der Waals surface area contributed by atoms with Crippen LogP contribution in [0.25, 0.3) is 22.5 Å². The Hall–Kier alpha value is -2.21. The Morgan fingerprint density at radius 3 is 3.00 bits per heavy atom. The number of nitrogens with zero attached hydrogens (tertiary/aromatic N) is 2. The van der Waals surface area contributed by atoms with Gasteiger partial charge < -0.3 is 15.2 Å². The monoisotopic (exact) mass is 232 g/mol. The number of rotatable bonds is 2. The van der Waals surface area contributed by atoms with Crippen LogP contribution in [0.1, 0.15) is 5.82 Å². The molecule has 17 heavy (non-hydrogen) atoms. The number of hydrogen-bond acceptors (Lipinski definition) is 4. The minimum atomic E-state index is -0.293. The van der Waals surface area contributed by atoms with Gasteiger partial charge in [0, 0.05) is 10.9 Å². The van der Waals surface area contributed by atoms with Crippen LogP contribution in [0, 0.1) is 5.82 Å². The van der Waals surface area contributed by atoms with Gasteiger partial charge in [0.15, 0.2) is 5.82 Å². The Morgan fingerprint density at radius 2 is 2.24 bits per heavy atom. The summed E-state index contributed by atoms with van der Waals surface area (Å²) in [6, 6.07) is 6.32. The molecule has 1 aromatic carbocycles. The van der Waals surface area contributed by atoms with E-state index in [1.807, 2.05) is 6.07 Å². The van der Waals surface area contributed by atoms with E-state index in [1.54, 1.807) is 6.07 Å². The highest BCUT2D eigenvalue weighted by Gasteiger charge is 2.10. The summed E-state index contributed by atoms with van der Waals surface area (Å²) in [6.45, 7) is 0.221. The van der Waals surface area contributed by atoms with Crippen molar-refractivity contribution in [3.05, 3.63) is 35.9 Å². The van der Waals surface area contributed by atoms with E-state index in [9.17, 15) is 4.39 Å². The molecule has 2 heterocycles. The smallest absolute Gasteiger partial charge is 0.274 e. The van der Waals surface area contributed by atoms with Crippen molar-refractivity contribution in [2.45, 2.75) is 6.54 Å². The van der Waals surface area contributed by atoms with Crippen molar-refractivity contribution < 1.29 is 8.91 Å². The van der Waals surface area contributed by atoms with E-state index >= 15 is 0 Å². The highest BCUT2D eigenvalue weighted by molar-refractivity contribution is 5.84. The molecule has 5 nitrogen and oxygen atoms in total. The van der Waals surface area contributed by atoms with Crippen molar-refractivity contribution in [2.24, 2.45) is 5.73 Å². The fraction of sp³-hybridized carbons (Fsp3) is 0.0909. The van der Waals surface area contributed by atoms with E-state index in [0.29, 0.717) is 22.9 Å². The van der Waals surface area contributed by atoms with Crippen molar-refractivity contribution in [1.82, 2.24) is 15.1 Å². The number of hydrogen-bond donors (Lipinski definition) is 2. The van der Waals surface area contributed by atoms with E-state index in [4.69, 9.17) is 10.3 Å². The lowest BCUT2D eigenvalue weighted by Gasteiger charge is -1.88. The Balaban J connectivity index is 2.11. The van der Waals surface area contributed by atoms with E-state index in [0.717, 1.165) is 5.39 Å². The molecule has 0 unspecified atom stereocenters. The van der Waals surface area contributed by atoms with Gasteiger partial charge in [-0.1, -0.05) is 5.16 Å². The molecule has 0 aliphatic carbocycles. The van der Waals surface area contributed by atoms with Crippen molar-refractivity contribution >= 4 is 10.9 Å². The van der Waals surface area contributed by atoms with Crippen LogP contribution in [0.4, 0.5) is 4.39 Å². The molecule has 86 valence electrons. The molecule has 0 spiro atoms. The first-order chi connectivity index (χ1) is 8.26. The molecule has 2 aromatic heterocycles. The normalized spacial score (nSPS) is 11.2. The molecule has 0 bridgehead atoms. The SMILES string of the molecule is NCc1noc(-c2cc3ccc(F)cc3[nH]2)n1. The summed E-state index contributed by atoms with van der Waals surface area (Å²) in [5.74, 6) is 0.492. The van der Waals surface area contributed by atoms with Crippen molar-refractivity contribution in [2.75, 3.05) is 0 Å². The third-order valence-corrected chi connectivity index (χ3v) is 2.47. The molecule has 0 aliphatic heterocycles. The van der Waals surface area contributed by atoms with Crippen LogP contribution < -0.4 is 5.73 Å². The van der Waals surface area contributed by atoms with E-state index in [1.165, 1.54) is 12.1 Å². The number of aromatic nitrogens is 3. The molecule has 6 heteroatoms. The van der Waals surface area contributed by atoms with Gasteiger partial charge in [-0.15, -0.1) is 0 Å². The molecule has 0 fully saturated rings. The average molecular weight is 232 g/mol. The van der Waals surface area contributed by atoms with Crippen LogP contribution in [0.3, 0.4) is 0 Å². The number of nitrogens with one attached hydrogen (secondary N) is 1. The lowest BCUT2D eigenvalue weighted by atomic mass is 10.2. The number of aromatic amines is 1. The summed E-state index contributed by atoms with van der Waals surface area (Å²) in [7, 11) is 0. The standard InChI is InChI=1S/C11H9FN4O/c12-7-2-1-6-3-9(14-8(6)4-7)11-15-10(5-13)16-17-11/h1-4,14H,5,13H2. The van der Waals surface area contributed by atoms with Crippen molar-refractivity contribution in [3.8, 4) is 11.6 Å². The fourth-order valence-corrected chi connectivity index (χ4v) is 1.66. The summed E-state index contributed by atoms with van der Waals surface area (Å²) >= 11 is 0. The number of benzene rings is 1. The molecule has 0 saturated heterocycles. The van der Waals surface area contributed by atoms with Crippen molar-refractivity contribution in [3.63, 3.8) is 0 Å². The second kappa shape index (κ2) is 3.67. The fourth-order valence-electron chi connectivity index (χ4n) is 1.66. The summed E-state index contributed by atoms with van der Waals surface area (Å²) < 4.78 is 18.1. The van der Waals surface area contributed by atoms with Gasteiger partial charge in [-0.05, 0) is 24.3 Å². The number of nitrogens with two attached hydrogens (primary N) is 1. The quantitative estimate of drug-likeness (QED) is 0.706. The molecule has 0 radical (unpaired) electrons. The van der Waals surface area contributed by atoms with Gasteiger partial charge in [0.05, 0.1) is 6.54 Å². The average Bonchev–Trinajstić information content (AvgIpc) is 2.93. The van der Waals surface area contributed by atoms with Gasteiger partial charge in [-0.2, -0.15) is 4.98 Å². The summed E-state index contributed by atoms with van der Waals surface area (Å²) in [6.07, 6.45) is 0. The zero-order chi connectivity index (χ0) is 11.8. The van der Waals surface area contributed by atoms with Gasteiger partial charge in [0.1, 0.15) is 11.5 Å². The van der Waals surface area contributed by atoms with Crippen molar-refractivity contribution in [1.29, 1.82) is 0 Å². The Kier molecular flexibility index (Phi) is 2.15. The third-order valence-electron chi connectivity index (χ3n) is 2.47. The highest BCUT2D eigenvalue weighted by atomic mass is 19.1. The Bertz CT molecular complexity index is 673. The Labute approximate surface area is 95.4 Å². The van der Waals surface area contributed by atoms with Crippen LogP contribution in [0.2, 0.25) is 0 Å². The van der Waals surface area contributed by atoms with Gasteiger partial charge in [-0.3, -0.25) is 0 Å². The molecule has 3 rings (SSSR count). The topological polar surface area (TPSA) is 80.7 Å². The lowest BCUT2D eigenvalue weighted by Crippen LogP contribution is -1.97. The van der Waals surface area contributed by atoms with Crippen LogP contribution in [-0.2, 0) is 6.54 Å². The number of fused-ring (bicyclic) bond motifs is 1. The molecule has 0 atom stereocenters. The molecule has 0 saturated carbocycles. The minimum Gasteiger partial charge on any atom is -0.350 e. The van der Waals surface area contributed by atoms with E-state index < -0.39 is 0 Å². The maximum atomic E-state index is 13.0. The maximum Gasteiger partial charge on any atom is 0.274 e. The van der Waals surface area contributed by atoms with Crippen LogP contribution in [0.15, 0.2) is 28.8 Å².